The van der Waals surface area contributed by atoms with Gasteiger partial charge in [0.05, 0.1) is 6.20 Å². The van der Waals surface area contributed by atoms with Gasteiger partial charge in [-0.2, -0.15) is 0 Å². The largest absolute Gasteiger partial charge is 0.506 e. The number of rotatable bonds is 0. The summed E-state index contributed by atoms with van der Waals surface area (Å²) >= 11 is 0. The van der Waals surface area contributed by atoms with Gasteiger partial charge in [-0.1, -0.05) is 0 Å². The van der Waals surface area contributed by atoms with Crippen molar-refractivity contribution in [2.24, 2.45) is 0 Å². The van der Waals surface area contributed by atoms with E-state index >= 15 is 0 Å². The van der Waals surface area contributed by atoms with Crippen LogP contribution in [0.3, 0.4) is 0 Å². The Bertz CT molecular complexity index is 513. The van der Waals surface area contributed by atoms with Crippen LogP contribution >= 0.6 is 0 Å². The predicted molar refractivity (Wildman–Crippen MR) is 43.3 cm³/mol. The highest BCUT2D eigenvalue weighted by Crippen LogP contribution is 2.24. The topological polar surface area (TPSA) is 33.1 Å². The van der Waals surface area contributed by atoms with E-state index in [4.69, 9.17) is 5.11 Å². The number of nitrogens with zero attached hydrogens (tertiary/aromatic N) is 1. The molecule has 1 N–H and O–H groups in total. The first-order valence-electron chi connectivity index (χ1n) is 3.72. The summed E-state index contributed by atoms with van der Waals surface area (Å²) in [5, 5.41) is 8.59. The molecule has 0 saturated heterocycles. The molecule has 1 aromatic heterocycles. The summed E-state index contributed by atoms with van der Waals surface area (Å²) in [5.74, 6) is -3.83. The Morgan fingerprint density at radius 1 is 1.07 bits per heavy atom. The zero-order chi connectivity index (χ0) is 10.3. The van der Waals surface area contributed by atoms with Crippen molar-refractivity contribution in [2.75, 3.05) is 0 Å². The molecule has 0 spiro atoms. The van der Waals surface area contributed by atoms with Gasteiger partial charge in [-0.15, -0.1) is 0 Å². The second-order valence-corrected chi connectivity index (χ2v) is 2.74. The summed E-state index contributed by atoms with van der Waals surface area (Å²) in [6.07, 6.45) is 0.961. The van der Waals surface area contributed by atoms with Crippen LogP contribution in [0.15, 0.2) is 18.3 Å². The molecule has 0 amide bonds. The van der Waals surface area contributed by atoms with Gasteiger partial charge in [0.15, 0.2) is 17.5 Å². The van der Waals surface area contributed by atoms with E-state index in [2.05, 4.69) is 4.98 Å². The lowest BCUT2D eigenvalue weighted by molar-refractivity contribution is 0.471. The van der Waals surface area contributed by atoms with E-state index in [1.54, 1.807) is 0 Å². The number of benzene rings is 1. The molecule has 5 heteroatoms. The number of hydrogen-bond acceptors (Lipinski definition) is 2. The number of halogens is 3. The molecule has 2 rings (SSSR count). The Hall–Kier alpha value is -1.78. The van der Waals surface area contributed by atoms with Crippen LogP contribution in [0.2, 0.25) is 0 Å². The second-order valence-electron chi connectivity index (χ2n) is 2.74. The van der Waals surface area contributed by atoms with Crippen molar-refractivity contribution in [3.8, 4) is 5.75 Å². The number of aromatic hydroxyl groups is 1. The van der Waals surface area contributed by atoms with Gasteiger partial charge in [0.25, 0.3) is 0 Å². The van der Waals surface area contributed by atoms with Crippen LogP contribution in [0, 0.1) is 17.5 Å². The summed E-state index contributed by atoms with van der Waals surface area (Å²) in [5.41, 5.74) is -0.304. The monoisotopic (exact) mass is 199 g/mol. The van der Waals surface area contributed by atoms with Crippen molar-refractivity contribution in [3.63, 3.8) is 0 Å². The van der Waals surface area contributed by atoms with Crippen molar-refractivity contribution < 1.29 is 18.3 Å². The van der Waals surface area contributed by atoms with Crippen LogP contribution in [0.1, 0.15) is 0 Å². The Labute approximate surface area is 76.6 Å². The number of aromatic nitrogens is 1. The molecule has 0 radical (unpaired) electrons. The molecule has 0 atom stereocenters. The van der Waals surface area contributed by atoms with Crippen LogP contribution in [-0.2, 0) is 0 Å². The van der Waals surface area contributed by atoms with Crippen molar-refractivity contribution in [1.29, 1.82) is 0 Å². The summed E-state index contributed by atoms with van der Waals surface area (Å²) in [6.45, 7) is 0. The highest BCUT2D eigenvalue weighted by atomic mass is 19.2. The first kappa shape index (κ1) is 8.80. The van der Waals surface area contributed by atoms with Gasteiger partial charge in [-0.25, -0.2) is 18.2 Å². The zero-order valence-electron chi connectivity index (χ0n) is 6.76. The Kier molecular flexibility index (Phi) is 1.80. The molecule has 2 nitrogen and oxygen atoms in total. The fraction of sp³-hybridized carbons (Fsp3) is 0. The molecule has 0 aliphatic heterocycles. The number of hydrogen-bond donors (Lipinski definition) is 1. The van der Waals surface area contributed by atoms with E-state index in [-0.39, 0.29) is 16.7 Å². The predicted octanol–water partition coefficient (Wildman–Crippen LogP) is 2.36. The van der Waals surface area contributed by atoms with Gasteiger partial charge >= 0.3 is 0 Å². The van der Waals surface area contributed by atoms with Crippen molar-refractivity contribution in [1.82, 2.24) is 4.98 Å². The molecule has 0 fully saturated rings. The molecular formula is C9H4F3NO. The maximum atomic E-state index is 13.1. The van der Waals surface area contributed by atoms with Gasteiger partial charge in [0.1, 0.15) is 11.3 Å². The van der Waals surface area contributed by atoms with Crippen LogP contribution in [0.4, 0.5) is 13.2 Å². The molecule has 0 bridgehead atoms. The quantitative estimate of drug-likeness (QED) is 0.660. The SMILES string of the molecule is Oc1cnc2c(F)cc(F)c(F)c2c1. The molecular weight excluding hydrogens is 195 g/mol. The summed E-state index contributed by atoms with van der Waals surface area (Å²) < 4.78 is 38.8. The second kappa shape index (κ2) is 2.87. The van der Waals surface area contributed by atoms with E-state index in [1.807, 2.05) is 0 Å². The van der Waals surface area contributed by atoms with Crippen LogP contribution in [-0.4, -0.2) is 10.1 Å². The fourth-order valence-electron chi connectivity index (χ4n) is 1.18. The van der Waals surface area contributed by atoms with E-state index < -0.39 is 17.5 Å². The van der Waals surface area contributed by atoms with Crippen LogP contribution in [0.25, 0.3) is 10.9 Å². The van der Waals surface area contributed by atoms with E-state index in [0.29, 0.717) is 6.07 Å². The lowest BCUT2D eigenvalue weighted by Gasteiger charge is -2.01. The average molecular weight is 199 g/mol. The van der Waals surface area contributed by atoms with Gasteiger partial charge in [-0.3, -0.25) is 0 Å². The summed E-state index contributed by atoms with van der Waals surface area (Å²) in [4.78, 5) is 3.45. The third-order valence-electron chi connectivity index (χ3n) is 1.80. The molecule has 1 heterocycles. The molecule has 2 aromatic rings. The maximum absolute atomic E-state index is 13.1. The molecule has 1 aromatic carbocycles. The lowest BCUT2D eigenvalue weighted by Crippen LogP contribution is -1.92. The van der Waals surface area contributed by atoms with Crippen molar-refractivity contribution >= 4 is 10.9 Å². The minimum absolute atomic E-state index is 0.304. The molecule has 0 aliphatic carbocycles. The van der Waals surface area contributed by atoms with E-state index in [1.165, 1.54) is 0 Å². The highest BCUT2D eigenvalue weighted by molar-refractivity contribution is 5.80. The van der Waals surface area contributed by atoms with Crippen molar-refractivity contribution in [3.05, 3.63) is 35.8 Å². The minimum Gasteiger partial charge on any atom is -0.506 e. The molecule has 0 aliphatic rings. The number of fused-ring (bicyclic) bond motifs is 1. The minimum atomic E-state index is -1.30. The maximum Gasteiger partial charge on any atom is 0.168 e. The lowest BCUT2D eigenvalue weighted by atomic mass is 10.2. The third-order valence-corrected chi connectivity index (χ3v) is 1.80. The molecule has 0 saturated carbocycles. The van der Waals surface area contributed by atoms with Gasteiger partial charge in [-0.05, 0) is 6.07 Å². The first-order chi connectivity index (χ1) is 6.59. The third kappa shape index (κ3) is 1.17. The Morgan fingerprint density at radius 2 is 1.79 bits per heavy atom. The standard InChI is InChI=1S/C9H4F3NO/c10-6-2-7(11)9-5(8(6)12)1-4(14)3-13-9/h1-3,14H. The normalized spacial score (nSPS) is 10.8. The summed E-state index contributed by atoms with van der Waals surface area (Å²) in [6, 6.07) is 1.34. The van der Waals surface area contributed by atoms with Gasteiger partial charge < -0.3 is 5.11 Å². The zero-order valence-corrected chi connectivity index (χ0v) is 6.76. The number of pyridine rings is 1. The van der Waals surface area contributed by atoms with Gasteiger partial charge in [0, 0.05) is 11.5 Å². The Morgan fingerprint density at radius 3 is 2.50 bits per heavy atom. The molecule has 14 heavy (non-hydrogen) atoms. The Balaban J connectivity index is 2.95. The highest BCUT2D eigenvalue weighted by Gasteiger charge is 2.13. The van der Waals surface area contributed by atoms with Crippen LogP contribution in [0.5, 0.6) is 5.75 Å². The van der Waals surface area contributed by atoms with Crippen molar-refractivity contribution in [2.45, 2.75) is 0 Å². The first-order valence-corrected chi connectivity index (χ1v) is 3.72. The summed E-state index contributed by atoms with van der Waals surface area (Å²) in [7, 11) is 0. The van der Waals surface area contributed by atoms with Crippen LogP contribution < -0.4 is 0 Å². The van der Waals surface area contributed by atoms with E-state index in [9.17, 15) is 13.2 Å². The molecule has 0 unspecified atom stereocenters. The smallest absolute Gasteiger partial charge is 0.168 e. The fourth-order valence-corrected chi connectivity index (χ4v) is 1.18. The van der Waals surface area contributed by atoms with E-state index in [0.717, 1.165) is 12.3 Å². The average Bonchev–Trinajstić information content (AvgIpc) is 2.14. The van der Waals surface area contributed by atoms with Gasteiger partial charge in [0.2, 0.25) is 0 Å². The molecule has 72 valence electrons.